The van der Waals surface area contributed by atoms with Crippen molar-refractivity contribution in [1.29, 1.82) is 0 Å². The Morgan fingerprint density at radius 3 is 3.20 bits per heavy atom. The van der Waals surface area contributed by atoms with Crippen molar-refractivity contribution in [2.75, 3.05) is 0 Å². The molecule has 0 saturated carbocycles. The Hall–Kier alpha value is -0.910. The van der Waals surface area contributed by atoms with Crippen LogP contribution in [0.4, 0.5) is 0 Å². The van der Waals surface area contributed by atoms with E-state index in [4.69, 9.17) is 0 Å². The van der Waals surface area contributed by atoms with Crippen molar-refractivity contribution in [3.63, 3.8) is 0 Å². The number of allylic oxidation sites excluding steroid dienone is 5. The summed E-state index contributed by atoms with van der Waals surface area (Å²) in [7, 11) is 0. The number of rotatable bonds is 2. The van der Waals surface area contributed by atoms with Crippen molar-refractivity contribution >= 4 is 0 Å². The summed E-state index contributed by atoms with van der Waals surface area (Å²) in [6.45, 7) is 5.91. The first-order chi connectivity index (χ1) is 4.86. The number of hydrogen-bond donors (Lipinski definition) is 0. The van der Waals surface area contributed by atoms with Crippen LogP contribution >= 0.6 is 0 Å². The molecule has 10 heavy (non-hydrogen) atoms. The fraction of sp³-hybridized carbons (Fsp3) is 0.300. The second-order valence-electron chi connectivity index (χ2n) is 2.46. The van der Waals surface area contributed by atoms with Crippen molar-refractivity contribution in [1.82, 2.24) is 0 Å². The van der Waals surface area contributed by atoms with Crippen molar-refractivity contribution < 1.29 is 0 Å². The highest BCUT2D eigenvalue weighted by atomic mass is 14.0. The van der Waals surface area contributed by atoms with Crippen LogP contribution in [0.3, 0.4) is 0 Å². The molecule has 1 aliphatic rings. The quantitative estimate of drug-likeness (QED) is 0.508. The smallest absolute Gasteiger partial charge is 0.0972 e. The van der Waals surface area contributed by atoms with Gasteiger partial charge < -0.3 is 0 Å². The van der Waals surface area contributed by atoms with E-state index in [9.17, 15) is 0 Å². The molecule has 52 valence electrons. The minimum Gasteiger partial charge on any atom is -0.0986 e. The van der Waals surface area contributed by atoms with Gasteiger partial charge in [-0.3, -0.25) is 0 Å². The third-order valence-electron chi connectivity index (χ3n) is 1.73. The first kappa shape index (κ1) is 7.20. The monoisotopic (exact) mass is 133 g/mol. The summed E-state index contributed by atoms with van der Waals surface area (Å²) in [5.41, 5.74) is 2.74. The van der Waals surface area contributed by atoms with E-state index < -0.39 is 0 Å². The Morgan fingerprint density at radius 2 is 2.60 bits per heavy atom. The lowest BCUT2D eigenvalue weighted by Crippen LogP contribution is -1.89. The van der Waals surface area contributed by atoms with Gasteiger partial charge in [0.05, 0.1) is 18.1 Å². The van der Waals surface area contributed by atoms with E-state index in [1.54, 1.807) is 0 Å². The molecule has 0 fully saturated rings. The second-order valence-corrected chi connectivity index (χ2v) is 2.46. The lowest BCUT2D eigenvalue weighted by molar-refractivity contribution is 1.08. The molecule has 0 nitrogen and oxygen atoms in total. The normalized spacial score (nSPS) is 16.9. The van der Waals surface area contributed by atoms with Gasteiger partial charge in [0.2, 0.25) is 0 Å². The van der Waals surface area contributed by atoms with Gasteiger partial charge in [-0.25, -0.2) is 0 Å². The first-order valence-electron chi connectivity index (χ1n) is 3.72. The summed E-state index contributed by atoms with van der Waals surface area (Å²) < 4.78 is 0. The molecule has 0 bridgehead atoms. The summed E-state index contributed by atoms with van der Waals surface area (Å²) >= 11 is 0. The molecule has 0 aromatic carbocycles. The maximum atomic E-state index is 3.74. The van der Waals surface area contributed by atoms with Gasteiger partial charge in [-0.15, -0.1) is 0 Å². The SMILES string of the molecule is C=CC1=CC(CC)=C[CH+]C1. The van der Waals surface area contributed by atoms with Gasteiger partial charge in [0.25, 0.3) is 0 Å². The van der Waals surface area contributed by atoms with Gasteiger partial charge >= 0.3 is 0 Å². The van der Waals surface area contributed by atoms with E-state index in [0.29, 0.717) is 0 Å². The van der Waals surface area contributed by atoms with Crippen LogP contribution < -0.4 is 0 Å². The van der Waals surface area contributed by atoms with Crippen LogP contribution in [0.25, 0.3) is 0 Å². The van der Waals surface area contributed by atoms with E-state index in [2.05, 4.69) is 32.1 Å². The molecule has 0 amide bonds. The summed E-state index contributed by atoms with van der Waals surface area (Å²) in [6, 6.07) is 0. The average Bonchev–Trinajstić information content (AvgIpc) is 2.05. The zero-order valence-electron chi connectivity index (χ0n) is 6.43. The average molecular weight is 133 g/mol. The van der Waals surface area contributed by atoms with Gasteiger partial charge in [0, 0.05) is 18.9 Å². The highest BCUT2D eigenvalue weighted by molar-refractivity contribution is 5.36. The predicted molar refractivity (Wildman–Crippen MR) is 45.6 cm³/mol. The molecule has 0 radical (unpaired) electrons. The fourth-order valence-electron chi connectivity index (χ4n) is 1.05. The van der Waals surface area contributed by atoms with Crippen LogP contribution in [0.5, 0.6) is 0 Å². The molecular formula is C10H13+. The molecule has 0 heterocycles. The molecule has 1 aliphatic carbocycles. The molecule has 0 aromatic heterocycles. The highest BCUT2D eigenvalue weighted by Gasteiger charge is 2.08. The van der Waals surface area contributed by atoms with E-state index >= 15 is 0 Å². The molecule has 0 unspecified atom stereocenters. The third-order valence-corrected chi connectivity index (χ3v) is 1.73. The second kappa shape index (κ2) is 3.31. The van der Waals surface area contributed by atoms with Gasteiger partial charge in [0.15, 0.2) is 0 Å². The van der Waals surface area contributed by atoms with Crippen LogP contribution in [-0.4, -0.2) is 0 Å². The van der Waals surface area contributed by atoms with Crippen LogP contribution in [-0.2, 0) is 0 Å². The first-order valence-corrected chi connectivity index (χ1v) is 3.72. The van der Waals surface area contributed by atoms with Gasteiger partial charge in [-0.05, 0) is 12.5 Å². The standard InChI is InChI=1S/C10H13/c1-3-9-6-5-7-10(4-2)8-9/h3,5,7-8H,1,4,6H2,2H3/q+1. The molecule has 0 aromatic rings. The van der Waals surface area contributed by atoms with Crippen LogP contribution in [0, 0.1) is 6.42 Å². The van der Waals surface area contributed by atoms with E-state index in [1.807, 2.05) is 6.08 Å². The van der Waals surface area contributed by atoms with E-state index in [-0.39, 0.29) is 0 Å². The maximum absolute atomic E-state index is 3.74. The lowest BCUT2D eigenvalue weighted by Gasteiger charge is -1.99. The van der Waals surface area contributed by atoms with Gasteiger partial charge in [-0.1, -0.05) is 12.7 Å². The molecular weight excluding hydrogens is 120 g/mol. The lowest BCUT2D eigenvalue weighted by atomic mass is 9.98. The van der Waals surface area contributed by atoms with Gasteiger partial charge in [0.1, 0.15) is 0 Å². The molecule has 0 aliphatic heterocycles. The molecule has 0 spiro atoms. The largest absolute Gasteiger partial charge is 0.0986 e. The Kier molecular flexibility index (Phi) is 2.38. The molecule has 0 atom stereocenters. The Morgan fingerprint density at radius 1 is 1.80 bits per heavy atom. The zero-order chi connectivity index (χ0) is 7.40. The minimum atomic E-state index is 1.05. The molecule has 0 N–H and O–H groups in total. The zero-order valence-corrected chi connectivity index (χ0v) is 6.43. The Labute approximate surface area is 62.9 Å². The van der Waals surface area contributed by atoms with Crippen molar-refractivity contribution in [3.05, 3.63) is 42.4 Å². The number of hydrogen-bond acceptors (Lipinski definition) is 0. The summed E-state index contributed by atoms with van der Waals surface area (Å²) in [4.78, 5) is 0. The summed E-state index contributed by atoms with van der Waals surface area (Å²) in [5.74, 6) is 0. The summed E-state index contributed by atoms with van der Waals surface area (Å²) in [6.07, 6.45) is 10.7. The van der Waals surface area contributed by atoms with Crippen LogP contribution in [0.2, 0.25) is 0 Å². The van der Waals surface area contributed by atoms with E-state index in [0.717, 1.165) is 12.8 Å². The van der Waals surface area contributed by atoms with Gasteiger partial charge in [-0.2, -0.15) is 0 Å². The minimum absolute atomic E-state index is 1.05. The van der Waals surface area contributed by atoms with Crippen molar-refractivity contribution in [3.8, 4) is 0 Å². The van der Waals surface area contributed by atoms with Crippen LogP contribution in [0.15, 0.2) is 36.0 Å². The molecule has 1 rings (SSSR count). The summed E-state index contributed by atoms with van der Waals surface area (Å²) in [5, 5.41) is 0. The Bertz CT molecular complexity index is 182. The predicted octanol–water partition coefficient (Wildman–Crippen LogP) is 3.04. The molecule has 0 heteroatoms. The van der Waals surface area contributed by atoms with Crippen molar-refractivity contribution in [2.45, 2.75) is 19.8 Å². The fourth-order valence-corrected chi connectivity index (χ4v) is 1.05. The van der Waals surface area contributed by atoms with Crippen LogP contribution in [0.1, 0.15) is 19.8 Å². The highest BCUT2D eigenvalue weighted by Crippen LogP contribution is 2.18. The molecule has 0 saturated heterocycles. The van der Waals surface area contributed by atoms with E-state index in [1.165, 1.54) is 11.1 Å². The van der Waals surface area contributed by atoms with Crippen molar-refractivity contribution in [2.24, 2.45) is 0 Å². The Balaban J connectivity index is 2.70. The third kappa shape index (κ3) is 1.53. The topological polar surface area (TPSA) is 0 Å². The maximum Gasteiger partial charge on any atom is 0.0972 e.